The number of likely N-dealkylation sites (N-methyl/N-ethyl adjacent to an activating group) is 1. The fraction of sp³-hybridized carbons (Fsp3) is 0.650. The second kappa shape index (κ2) is 9.57. The van der Waals surface area contributed by atoms with Gasteiger partial charge in [-0.15, -0.1) is 0 Å². The number of nitrogens with one attached hydrogen (secondary N) is 2. The average molecular weight is 380 g/mol. The van der Waals surface area contributed by atoms with Gasteiger partial charge >= 0.3 is 0 Å². The van der Waals surface area contributed by atoms with Crippen molar-refractivity contribution in [1.29, 1.82) is 0 Å². The summed E-state index contributed by atoms with van der Waals surface area (Å²) in [7, 11) is 0. The van der Waals surface area contributed by atoms with Crippen molar-refractivity contribution >= 4 is 5.91 Å². The van der Waals surface area contributed by atoms with Crippen LogP contribution in [-0.2, 0) is 4.79 Å². The molecule has 0 aromatic heterocycles. The SMILES string of the molecule is CCN1CCN(CCC(=O)NC2CNCCC2c2ccc(F)c(F)c2)CC1. The number of benzene rings is 1. The van der Waals surface area contributed by atoms with Crippen LogP contribution in [0.4, 0.5) is 8.78 Å². The highest BCUT2D eigenvalue weighted by Gasteiger charge is 2.28. The van der Waals surface area contributed by atoms with Crippen LogP contribution >= 0.6 is 0 Å². The van der Waals surface area contributed by atoms with E-state index in [2.05, 4.69) is 27.4 Å². The molecule has 0 bridgehead atoms. The summed E-state index contributed by atoms with van der Waals surface area (Å²) in [5, 5.41) is 6.39. The van der Waals surface area contributed by atoms with Crippen molar-refractivity contribution in [1.82, 2.24) is 20.4 Å². The Morgan fingerprint density at radius 2 is 1.93 bits per heavy atom. The zero-order valence-electron chi connectivity index (χ0n) is 16.0. The number of piperidine rings is 1. The Morgan fingerprint density at radius 3 is 2.63 bits per heavy atom. The quantitative estimate of drug-likeness (QED) is 0.786. The fourth-order valence-corrected chi connectivity index (χ4v) is 4.02. The van der Waals surface area contributed by atoms with Crippen LogP contribution in [0.2, 0.25) is 0 Å². The molecule has 0 aliphatic carbocycles. The molecule has 2 aliphatic heterocycles. The Balaban J connectivity index is 1.51. The maximum Gasteiger partial charge on any atom is 0.221 e. The van der Waals surface area contributed by atoms with E-state index >= 15 is 0 Å². The minimum atomic E-state index is -0.837. The predicted molar refractivity (Wildman–Crippen MR) is 102 cm³/mol. The highest BCUT2D eigenvalue weighted by Crippen LogP contribution is 2.27. The molecule has 5 nitrogen and oxygen atoms in total. The molecule has 150 valence electrons. The van der Waals surface area contributed by atoms with Crippen molar-refractivity contribution in [3.05, 3.63) is 35.4 Å². The highest BCUT2D eigenvalue weighted by molar-refractivity contribution is 5.76. The summed E-state index contributed by atoms with van der Waals surface area (Å²) < 4.78 is 26.8. The van der Waals surface area contributed by atoms with Crippen LogP contribution in [0, 0.1) is 11.6 Å². The van der Waals surface area contributed by atoms with Gasteiger partial charge in [0.05, 0.1) is 0 Å². The minimum Gasteiger partial charge on any atom is -0.351 e. The monoisotopic (exact) mass is 380 g/mol. The van der Waals surface area contributed by atoms with Crippen LogP contribution in [0.5, 0.6) is 0 Å². The molecule has 2 unspecified atom stereocenters. The first kappa shape index (κ1) is 20.2. The number of nitrogens with zero attached hydrogens (tertiary/aromatic N) is 2. The highest BCUT2D eigenvalue weighted by atomic mass is 19.2. The molecular formula is C20H30F2N4O. The van der Waals surface area contributed by atoms with Gasteiger partial charge in [0.15, 0.2) is 11.6 Å². The first-order valence-corrected chi connectivity index (χ1v) is 9.96. The summed E-state index contributed by atoms with van der Waals surface area (Å²) in [6.07, 6.45) is 1.25. The van der Waals surface area contributed by atoms with Gasteiger partial charge in [-0.3, -0.25) is 4.79 Å². The molecule has 7 heteroatoms. The topological polar surface area (TPSA) is 47.6 Å². The molecule has 3 rings (SSSR count). The number of carbonyl (C=O) groups is 1. The number of hydrogen-bond acceptors (Lipinski definition) is 4. The van der Waals surface area contributed by atoms with Gasteiger partial charge in [0.25, 0.3) is 0 Å². The summed E-state index contributed by atoms with van der Waals surface area (Å²) in [6, 6.07) is 3.95. The van der Waals surface area contributed by atoms with Crippen molar-refractivity contribution in [3.8, 4) is 0 Å². The second-order valence-electron chi connectivity index (χ2n) is 7.47. The van der Waals surface area contributed by atoms with Crippen LogP contribution in [0.3, 0.4) is 0 Å². The normalized spacial score (nSPS) is 24.7. The summed E-state index contributed by atoms with van der Waals surface area (Å²) in [4.78, 5) is 17.2. The van der Waals surface area contributed by atoms with E-state index in [1.807, 2.05) is 0 Å². The number of carbonyl (C=O) groups excluding carboxylic acids is 1. The van der Waals surface area contributed by atoms with Gasteiger partial charge in [0.1, 0.15) is 0 Å². The summed E-state index contributed by atoms with van der Waals surface area (Å²) in [6.45, 7) is 9.58. The van der Waals surface area contributed by atoms with Crippen LogP contribution in [0.15, 0.2) is 18.2 Å². The first-order valence-electron chi connectivity index (χ1n) is 9.96. The third-order valence-electron chi connectivity index (χ3n) is 5.77. The second-order valence-corrected chi connectivity index (χ2v) is 7.47. The first-order chi connectivity index (χ1) is 13.1. The van der Waals surface area contributed by atoms with Gasteiger partial charge in [-0.2, -0.15) is 0 Å². The minimum absolute atomic E-state index is 0.00148. The lowest BCUT2D eigenvalue weighted by molar-refractivity contribution is -0.122. The van der Waals surface area contributed by atoms with Gasteiger partial charge in [0, 0.05) is 57.6 Å². The molecule has 2 heterocycles. The standard InChI is InChI=1S/C20H30F2N4O/c1-2-25-9-11-26(12-10-25)8-6-20(27)24-19-14-23-7-5-16(19)15-3-4-17(21)18(22)13-15/h3-4,13,16,19,23H,2,5-12,14H2,1H3,(H,24,27). The number of rotatable bonds is 6. The maximum absolute atomic E-state index is 13.6. The fourth-order valence-electron chi connectivity index (χ4n) is 4.02. The van der Waals surface area contributed by atoms with Crippen LogP contribution in [0.25, 0.3) is 0 Å². The van der Waals surface area contributed by atoms with Gasteiger partial charge in [-0.05, 0) is 37.2 Å². The predicted octanol–water partition coefficient (Wildman–Crippen LogP) is 1.55. The van der Waals surface area contributed by atoms with Crippen molar-refractivity contribution in [2.45, 2.75) is 31.7 Å². The summed E-state index contributed by atoms with van der Waals surface area (Å²) >= 11 is 0. The lowest BCUT2D eigenvalue weighted by Crippen LogP contribution is -2.51. The Kier molecular flexibility index (Phi) is 7.15. The van der Waals surface area contributed by atoms with Crippen LogP contribution < -0.4 is 10.6 Å². The maximum atomic E-state index is 13.6. The van der Waals surface area contributed by atoms with Crippen LogP contribution in [-0.4, -0.2) is 74.1 Å². The van der Waals surface area contributed by atoms with E-state index in [0.717, 1.165) is 57.8 Å². The third-order valence-corrected chi connectivity index (χ3v) is 5.77. The Morgan fingerprint density at radius 1 is 1.19 bits per heavy atom. The lowest BCUT2D eigenvalue weighted by atomic mass is 9.86. The summed E-state index contributed by atoms with van der Waals surface area (Å²) in [5.74, 6) is -1.65. The van der Waals surface area contributed by atoms with Gasteiger partial charge in [0.2, 0.25) is 5.91 Å². The molecule has 2 aliphatic rings. The molecule has 0 radical (unpaired) electrons. The van der Waals surface area contributed by atoms with Crippen LogP contribution in [0.1, 0.15) is 31.2 Å². The smallest absolute Gasteiger partial charge is 0.221 e. The number of halogens is 2. The molecule has 2 fully saturated rings. The Labute approximate surface area is 160 Å². The van der Waals surface area contributed by atoms with E-state index < -0.39 is 11.6 Å². The zero-order valence-corrected chi connectivity index (χ0v) is 16.0. The zero-order chi connectivity index (χ0) is 19.2. The van der Waals surface area contributed by atoms with E-state index in [1.165, 1.54) is 12.1 Å². The van der Waals surface area contributed by atoms with Crippen molar-refractivity contribution in [2.75, 3.05) is 52.4 Å². The van der Waals surface area contributed by atoms with E-state index in [9.17, 15) is 13.6 Å². The number of piperazine rings is 1. The van der Waals surface area contributed by atoms with Crippen molar-refractivity contribution in [3.63, 3.8) is 0 Å². The summed E-state index contributed by atoms with van der Waals surface area (Å²) in [5.41, 5.74) is 0.747. The van der Waals surface area contributed by atoms with Gasteiger partial charge in [-0.1, -0.05) is 13.0 Å². The number of amides is 1. The van der Waals surface area contributed by atoms with E-state index in [-0.39, 0.29) is 17.9 Å². The third kappa shape index (κ3) is 5.46. The lowest BCUT2D eigenvalue weighted by Gasteiger charge is -2.35. The average Bonchev–Trinajstić information content (AvgIpc) is 2.69. The largest absolute Gasteiger partial charge is 0.351 e. The number of hydrogen-bond donors (Lipinski definition) is 2. The molecule has 0 spiro atoms. The Bertz CT molecular complexity index is 634. The van der Waals surface area contributed by atoms with Crippen molar-refractivity contribution in [2.24, 2.45) is 0 Å². The molecule has 1 aromatic carbocycles. The van der Waals surface area contributed by atoms with Gasteiger partial charge < -0.3 is 20.4 Å². The molecule has 1 aromatic rings. The van der Waals surface area contributed by atoms with Crippen molar-refractivity contribution < 1.29 is 13.6 Å². The molecule has 0 saturated carbocycles. The molecule has 2 atom stereocenters. The molecule has 27 heavy (non-hydrogen) atoms. The Hall–Kier alpha value is -1.57. The molecule has 1 amide bonds. The van der Waals surface area contributed by atoms with E-state index in [0.29, 0.717) is 13.0 Å². The molecule has 2 N–H and O–H groups in total. The molecule has 2 saturated heterocycles. The molecular weight excluding hydrogens is 350 g/mol. The van der Waals surface area contributed by atoms with E-state index in [4.69, 9.17) is 0 Å². The van der Waals surface area contributed by atoms with Gasteiger partial charge in [-0.25, -0.2) is 8.78 Å². The van der Waals surface area contributed by atoms with E-state index in [1.54, 1.807) is 6.07 Å².